The van der Waals surface area contributed by atoms with Crippen molar-refractivity contribution in [1.82, 2.24) is 14.3 Å². The minimum atomic E-state index is -3.46. The molecule has 1 unspecified atom stereocenters. The highest BCUT2D eigenvalue weighted by atomic mass is 32.2. The van der Waals surface area contributed by atoms with E-state index in [2.05, 4.69) is 14.3 Å². The van der Waals surface area contributed by atoms with Gasteiger partial charge in [0.25, 0.3) is 10.2 Å². The third-order valence-corrected chi connectivity index (χ3v) is 5.38. The molecule has 1 saturated heterocycles. The van der Waals surface area contributed by atoms with Crippen LogP contribution in [0, 0.1) is 0 Å². The zero-order valence-electron chi connectivity index (χ0n) is 13.2. The molecule has 3 rings (SSSR count). The number of ether oxygens (including phenoxy) is 2. The number of likely N-dealkylation sites (tertiary alicyclic amines) is 1. The maximum absolute atomic E-state index is 11.9. The molecule has 128 valence electrons. The van der Waals surface area contributed by atoms with Gasteiger partial charge in [-0.1, -0.05) is 13.0 Å². The molecule has 0 bridgehead atoms. The second kappa shape index (κ2) is 7.04. The maximum Gasteiger partial charge on any atom is 0.276 e. The first-order valence-electron chi connectivity index (χ1n) is 7.97. The van der Waals surface area contributed by atoms with Crippen molar-refractivity contribution in [2.45, 2.75) is 25.8 Å². The Kier molecular flexibility index (Phi) is 5.05. The molecular weight excluding hydrogens is 318 g/mol. The van der Waals surface area contributed by atoms with Gasteiger partial charge in [0, 0.05) is 19.1 Å². The molecule has 2 heterocycles. The number of nitrogens with zero attached hydrogens (tertiary/aromatic N) is 1. The van der Waals surface area contributed by atoms with E-state index in [1.165, 1.54) is 0 Å². The Labute approximate surface area is 137 Å². The van der Waals surface area contributed by atoms with Gasteiger partial charge in [-0.25, -0.2) is 9.44 Å². The molecule has 7 nitrogen and oxygen atoms in total. The lowest BCUT2D eigenvalue weighted by molar-refractivity contribution is 0.173. The Balaban J connectivity index is 1.78. The number of hydrogen-bond donors (Lipinski definition) is 2. The smallest absolute Gasteiger partial charge is 0.276 e. The highest BCUT2D eigenvalue weighted by Gasteiger charge is 2.26. The number of nitrogens with one attached hydrogen (secondary N) is 2. The molecule has 0 spiro atoms. The summed E-state index contributed by atoms with van der Waals surface area (Å²) in [5, 5.41) is 0. The minimum absolute atomic E-state index is 0.0135. The molecule has 1 aromatic rings. The average molecular weight is 341 g/mol. The van der Waals surface area contributed by atoms with Crippen LogP contribution in [0.25, 0.3) is 0 Å². The molecule has 1 fully saturated rings. The summed E-state index contributed by atoms with van der Waals surface area (Å²) in [6.07, 6.45) is 2.28. The molecule has 8 heteroatoms. The fraction of sp³-hybridized carbons (Fsp3) is 0.600. The molecule has 0 amide bonds. The predicted molar refractivity (Wildman–Crippen MR) is 86.7 cm³/mol. The number of benzene rings is 1. The molecule has 1 aromatic carbocycles. The molecule has 2 aliphatic rings. The second-order valence-corrected chi connectivity index (χ2v) is 7.31. The fourth-order valence-corrected chi connectivity index (χ4v) is 3.92. The lowest BCUT2D eigenvalue weighted by Gasteiger charge is -2.28. The van der Waals surface area contributed by atoms with E-state index >= 15 is 0 Å². The monoisotopic (exact) mass is 341 g/mol. The number of hydrogen-bond acceptors (Lipinski definition) is 5. The van der Waals surface area contributed by atoms with Crippen LogP contribution in [0.2, 0.25) is 0 Å². The highest BCUT2D eigenvalue weighted by molar-refractivity contribution is 7.87. The van der Waals surface area contributed by atoms with Crippen LogP contribution < -0.4 is 18.9 Å². The third kappa shape index (κ3) is 3.95. The van der Waals surface area contributed by atoms with Crippen molar-refractivity contribution in [2.24, 2.45) is 0 Å². The molecule has 23 heavy (non-hydrogen) atoms. The summed E-state index contributed by atoms with van der Waals surface area (Å²) < 4.78 is 39.7. The normalized spacial score (nSPS) is 19.2. The van der Waals surface area contributed by atoms with Crippen molar-refractivity contribution >= 4 is 10.2 Å². The molecule has 0 saturated carbocycles. The standard InChI is InChI=1S/C15H23N3O4S/c1-2-16-23(19,20)17-10-13(18-7-3-4-8-18)12-5-6-14-15(9-12)22-11-21-14/h5-6,9,13,16-17H,2-4,7-8,10-11H2,1H3. The molecule has 0 aliphatic carbocycles. The first kappa shape index (κ1) is 16.5. The maximum atomic E-state index is 11.9. The summed E-state index contributed by atoms with van der Waals surface area (Å²) in [5.41, 5.74) is 1.04. The molecule has 0 radical (unpaired) electrons. The summed E-state index contributed by atoms with van der Waals surface area (Å²) in [5.74, 6) is 1.46. The Morgan fingerprint density at radius 2 is 1.91 bits per heavy atom. The Bertz CT molecular complexity index is 644. The van der Waals surface area contributed by atoms with E-state index in [0.29, 0.717) is 13.1 Å². The lowest BCUT2D eigenvalue weighted by Crippen LogP contribution is -2.42. The van der Waals surface area contributed by atoms with Crippen molar-refractivity contribution in [3.63, 3.8) is 0 Å². The predicted octanol–water partition coefficient (Wildman–Crippen LogP) is 0.996. The van der Waals surface area contributed by atoms with E-state index in [9.17, 15) is 8.42 Å². The summed E-state index contributed by atoms with van der Waals surface area (Å²) in [4.78, 5) is 2.31. The number of fused-ring (bicyclic) bond motifs is 1. The van der Waals surface area contributed by atoms with E-state index in [4.69, 9.17) is 9.47 Å². The van der Waals surface area contributed by atoms with Crippen molar-refractivity contribution in [2.75, 3.05) is 33.0 Å². The van der Waals surface area contributed by atoms with E-state index < -0.39 is 10.2 Å². The van der Waals surface area contributed by atoms with Gasteiger partial charge in [-0.05, 0) is 43.6 Å². The molecular formula is C15H23N3O4S. The third-order valence-electron chi connectivity index (χ3n) is 4.16. The zero-order chi connectivity index (χ0) is 16.3. The van der Waals surface area contributed by atoms with Crippen LogP contribution in [0.4, 0.5) is 0 Å². The second-order valence-electron chi connectivity index (χ2n) is 5.72. The number of rotatable bonds is 7. The van der Waals surface area contributed by atoms with Crippen molar-refractivity contribution in [3.8, 4) is 11.5 Å². The summed E-state index contributed by atoms with van der Waals surface area (Å²) in [7, 11) is -3.46. The van der Waals surface area contributed by atoms with Gasteiger partial charge in [0.15, 0.2) is 11.5 Å². The molecule has 0 aromatic heterocycles. The highest BCUT2D eigenvalue weighted by Crippen LogP contribution is 2.36. The topological polar surface area (TPSA) is 79.9 Å². The van der Waals surface area contributed by atoms with Crippen LogP contribution in [-0.4, -0.2) is 46.3 Å². The van der Waals surface area contributed by atoms with E-state index in [1.54, 1.807) is 6.92 Å². The van der Waals surface area contributed by atoms with Crippen LogP contribution in [0.3, 0.4) is 0 Å². The van der Waals surface area contributed by atoms with Crippen LogP contribution in [-0.2, 0) is 10.2 Å². The van der Waals surface area contributed by atoms with E-state index in [-0.39, 0.29) is 12.8 Å². The average Bonchev–Trinajstić information content (AvgIpc) is 3.18. The minimum Gasteiger partial charge on any atom is -0.454 e. The van der Waals surface area contributed by atoms with Gasteiger partial charge in [-0.2, -0.15) is 8.42 Å². The lowest BCUT2D eigenvalue weighted by atomic mass is 10.1. The van der Waals surface area contributed by atoms with Crippen LogP contribution >= 0.6 is 0 Å². The van der Waals surface area contributed by atoms with Crippen LogP contribution in [0.15, 0.2) is 18.2 Å². The van der Waals surface area contributed by atoms with Crippen LogP contribution in [0.1, 0.15) is 31.4 Å². The molecule has 2 N–H and O–H groups in total. The van der Waals surface area contributed by atoms with Crippen molar-refractivity contribution < 1.29 is 17.9 Å². The van der Waals surface area contributed by atoms with Gasteiger partial charge >= 0.3 is 0 Å². The SMILES string of the molecule is CCNS(=O)(=O)NCC(c1ccc2c(c1)OCO2)N1CCCC1. The first-order chi connectivity index (χ1) is 11.1. The van der Waals surface area contributed by atoms with Crippen LogP contribution in [0.5, 0.6) is 11.5 Å². The quantitative estimate of drug-likeness (QED) is 0.773. The Hall–Kier alpha value is -1.35. The summed E-state index contributed by atoms with van der Waals surface area (Å²) in [6, 6.07) is 5.81. The summed E-state index contributed by atoms with van der Waals surface area (Å²) in [6.45, 7) is 4.64. The van der Waals surface area contributed by atoms with Crippen molar-refractivity contribution in [3.05, 3.63) is 23.8 Å². The van der Waals surface area contributed by atoms with E-state index in [0.717, 1.165) is 43.0 Å². The Morgan fingerprint density at radius 3 is 2.65 bits per heavy atom. The van der Waals surface area contributed by atoms with Gasteiger partial charge in [-0.15, -0.1) is 0 Å². The Morgan fingerprint density at radius 1 is 1.17 bits per heavy atom. The summed E-state index contributed by atoms with van der Waals surface area (Å²) >= 11 is 0. The zero-order valence-corrected chi connectivity index (χ0v) is 14.1. The van der Waals surface area contributed by atoms with Gasteiger partial charge in [-0.3, -0.25) is 4.90 Å². The van der Waals surface area contributed by atoms with Gasteiger partial charge in [0.1, 0.15) is 0 Å². The van der Waals surface area contributed by atoms with Gasteiger partial charge in [0.2, 0.25) is 6.79 Å². The van der Waals surface area contributed by atoms with Gasteiger partial charge in [0.05, 0.1) is 0 Å². The molecule has 1 atom stereocenters. The molecule has 2 aliphatic heterocycles. The first-order valence-corrected chi connectivity index (χ1v) is 9.45. The fourth-order valence-electron chi connectivity index (χ4n) is 3.06. The van der Waals surface area contributed by atoms with E-state index in [1.807, 2.05) is 18.2 Å². The van der Waals surface area contributed by atoms with Crippen molar-refractivity contribution in [1.29, 1.82) is 0 Å². The largest absolute Gasteiger partial charge is 0.454 e. The van der Waals surface area contributed by atoms with Gasteiger partial charge < -0.3 is 9.47 Å².